The number of aromatic nitrogens is 2. The average Bonchev–Trinajstić information content (AvgIpc) is 3.15. The summed E-state index contributed by atoms with van der Waals surface area (Å²) in [5.74, 6) is 1.41. The van der Waals surface area contributed by atoms with Crippen LogP contribution in [0.4, 0.5) is 17.3 Å². The summed E-state index contributed by atoms with van der Waals surface area (Å²) in [5, 5.41) is 5.79. The summed E-state index contributed by atoms with van der Waals surface area (Å²) in [6.45, 7) is 2.55. The molecule has 0 saturated carbocycles. The second kappa shape index (κ2) is 5.84. The van der Waals surface area contributed by atoms with Gasteiger partial charge < -0.3 is 24.9 Å². The van der Waals surface area contributed by atoms with Crippen LogP contribution in [0.3, 0.4) is 0 Å². The van der Waals surface area contributed by atoms with Gasteiger partial charge in [-0.2, -0.15) is 0 Å². The summed E-state index contributed by atoms with van der Waals surface area (Å²) in [5.41, 5.74) is 0.597. The van der Waals surface area contributed by atoms with Crippen molar-refractivity contribution >= 4 is 29.1 Å². The number of furan rings is 1. The molecule has 1 fully saturated rings. The van der Waals surface area contributed by atoms with E-state index in [9.17, 15) is 9.59 Å². The first kappa shape index (κ1) is 14.5. The molecule has 2 N–H and O–H groups in total. The first-order valence-corrected chi connectivity index (χ1v) is 7.69. The van der Waals surface area contributed by atoms with Crippen LogP contribution >= 0.6 is 0 Å². The van der Waals surface area contributed by atoms with E-state index in [1.165, 1.54) is 12.6 Å². The summed E-state index contributed by atoms with van der Waals surface area (Å²) in [7, 11) is 0. The molecule has 9 nitrogen and oxygen atoms in total. The largest absolute Gasteiger partial charge is 0.459 e. The van der Waals surface area contributed by atoms with E-state index >= 15 is 0 Å². The molecule has 0 radical (unpaired) electrons. The topological polar surface area (TPSA) is 104 Å². The minimum Gasteiger partial charge on any atom is -0.459 e. The minimum atomic E-state index is -0.120. The van der Waals surface area contributed by atoms with Crippen molar-refractivity contribution in [3.63, 3.8) is 0 Å². The van der Waals surface area contributed by atoms with E-state index in [1.807, 2.05) is 4.90 Å². The molecule has 0 atom stereocenters. The van der Waals surface area contributed by atoms with Gasteiger partial charge in [0.2, 0.25) is 5.91 Å². The van der Waals surface area contributed by atoms with E-state index in [-0.39, 0.29) is 18.4 Å². The van der Waals surface area contributed by atoms with Crippen LogP contribution in [0.15, 0.2) is 29.1 Å². The number of piperazine rings is 1. The quantitative estimate of drug-likeness (QED) is 0.822. The molecule has 1 saturated heterocycles. The van der Waals surface area contributed by atoms with E-state index in [1.54, 1.807) is 17.0 Å². The molecular formula is C15H16N6O3. The van der Waals surface area contributed by atoms with Crippen LogP contribution in [-0.2, 0) is 4.79 Å². The SMILES string of the molecule is O=C1CNc2ncnc(N3CCN(C(=O)c4ccco4)CC3)c2N1. The lowest BCUT2D eigenvalue weighted by molar-refractivity contribution is -0.114. The third-order valence-electron chi connectivity index (χ3n) is 4.11. The highest BCUT2D eigenvalue weighted by molar-refractivity contribution is 6.02. The number of rotatable bonds is 2. The van der Waals surface area contributed by atoms with Crippen molar-refractivity contribution < 1.29 is 14.0 Å². The third-order valence-corrected chi connectivity index (χ3v) is 4.11. The molecule has 0 bridgehead atoms. The van der Waals surface area contributed by atoms with Gasteiger partial charge in [-0.05, 0) is 12.1 Å². The van der Waals surface area contributed by atoms with E-state index in [0.29, 0.717) is 49.3 Å². The van der Waals surface area contributed by atoms with Crippen LogP contribution in [0.25, 0.3) is 0 Å². The predicted molar refractivity (Wildman–Crippen MR) is 86.0 cm³/mol. The number of carbonyl (C=O) groups excluding carboxylic acids is 2. The minimum absolute atomic E-state index is 0.112. The molecule has 0 aromatic carbocycles. The number of hydrogen-bond donors (Lipinski definition) is 2. The average molecular weight is 328 g/mol. The van der Waals surface area contributed by atoms with Gasteiger partial charge in [0.05, 0.1) is 12.8 Å². The first-order valence-electron chi connectivity index (χ1n) is 7.69. The molecule has 9 heteroatoms. The van der Waals surface area contributed by atoms with E-state index in [2.05, 4.69) is 20.6 Å². The Morgan fingerprint density at radius 2 is 2.04 bits per heavy atom. The Morgan fingerprint density at radius 1 is 1.21 bits per heavy atom. The van der Waals surface area contributed by atoms with Gasteiger partial charge >= 0.3 is 0 Å². The standard InChI is InChI=1S/C15H16N6O3/c22-11-8-16-13-12(19-11)14(18-9-17-13)20-3-5-21(6-4-20)15(23)10-2-1-7-24-10/h1-2,7,9H,3-6,8H2,(H,19,22)(H,16,17,18). The Kier molecular flexibility index (Phi) is 3.52. The molecule has 0 aliphatic carbocycles. The van der Waals surface area contributed by atoms with E-state index in [0.717, 1.165) is 0 Å². The van der Waals surface area contributed by atoms with Crippen molar-refractivity contribution in [2.75, 3.05) is 48.3 Å². The van der Waals surface area contributed by atoms with Crippen LogP contribution in [0.1, 0.15) is 10.6 Å². The molecule has 2 aliphatic heterocycles. The summed E-state index contributed by atoms with van der Waals surface area (Å²) in [4.78, 5) is 36.2. The zero-order valence-corrected chi connectivity index (χ0v) is 12.9. The van der Waals surface area contributed by atoms with Crippen LogP contribution in [-0.4, -0.2) is 59.4 Å². The Labute approximate surface area is 137 Å². The summed E-state index contributed by atoms with van der Waals surface area (Å²) < 4.78 is 5.17. The Balaban J connectivity index is 1.49. The molecule has 24 heavy (non-hydrogen) atoms. The van der Waals surface area contributed by atoms with Crippen LogP contribution < -0.4 is 15.5 Å². The van der Waals surface area contributed by atoms with Crippen LogP contribution in [0, 0.1) is 0 Å². The van der Waals surface area contributed by atoms with Gasteiger partial charge in [0, 0.05) is 26.2 Å². The van der Waals surface area contributed by atoms with E-state index < -0.39 is 0 Å². The van der Waals surface area contributed by atoms with Crippen molar-refractivity contribution in [3.05, 3.63) is 30.5 Å². The second-order valence-electron chi connectivity index (χ2n) is 5.58. The van der Waals surface area contributed by atoms with Crippen molar-refractivity contribution in [3.8, 4) is 0 Å². The molecule has 2 aromatic heterocycles. The Bertz CT molecular complexity index is 768. The summed E-state index contributed by atoms with van der Waals surface area (Å²) >= 11 is 0. The highest BCUT2D eigenvalue weighted by Gasteiger charge is 2.28. The van der Waals surface area contributed by atoms with Crippen molar-refractivity contribution in [2.24, 2.45) is 0 Å². The maximum Gasteiger partial charge on any atom is 0.289 e. The highest BCUT2D eigenvalue weighted by atomic mass is 16.3. The molecular weight excluding hydrogens is 312 g/mol. The van der Waals surface area contributed by atoms with Crippen molar-refractivity contribution in [1.82, 2.24) is 14.9 Å². The van der Waals surface area contributed by atoms with Crippen LogP contribution in [0.2, 0.25) is 0 Å². The fourth-order valence-electron chi connectivity index (χ4n) is 2.89. The number of nitrogens with one attached hydrogen (secondary N) is 2. The second-order valence-corrected chi connectivity index (χ2v) is 5.58. The zero-order chi connectivity index (χ0) is 16.5. The van der Waals surface area contributed by atoms with E-state index in [4.69, 9.17) is 4.42 Å². The lowest BCUT2D eigenvalue weighted by Gasteiger charge is -2.36. The highest BCUT2D eigenvalue weighted by Crippen LogP contribution is 2.31. The number of anilines is 3. The number of hydrogen-bond acceptors (Lipinski definition) is 7. The van der Waals surface area contributed by atoms with Gasteiger partial charge in [-0.25, -0.2) is 9.97 Å². The normalized spacial score (nSPS) is 17.1. The van der Waals surface area contributed by atoms with Gasteiger partial charge in [-0.1, -0.05) is 0 Å². The number of amides is 2. The molecule has 0 unspecified atom stereocenters. The van der Waals surface area contributed by atoms with Crippen molar-refractivity contribution in [1.29, 1.82) is 0 Å². The fraction of sp³-hybridized carbons (Fsp3) is 0.333. The Hall–Kier alpha value is -3.10. The van der Waals surface area contributed by atoms with Gasteiger partial charge in [-0.3, -0.25) is 9.59 Å². The number of fused-ring (bicyclic) bond motifs is 1. The monoisotopic (exact) mass is 328 g/mol. The first-order chi connectivity index (χ1) is 11.7. The molecule has 4 heterocycles. The number of nitrogens with zero attached hydrogens (tertiary/aromatic N) is 4. The molecule has 2 aromatic rings. The van der Waals surface area contributed by atoms with Gasteiger partial charge in [0.1, 0.15) is 12.0 Å². The molecule has 124 valence electrons. The molecule has 2 amide bonds. The van der Waals surface area contributed by atoms with Crippen LogP contribution in [0.5, 0.6) is 0 Å². The maximum absolute atomic E-state index is 12.3. The number of carbonyl (C=O) groups is 2. The smallest absolute Gasteiger partial charge is 0.289 e. The van der Waals surface area contributed by atoms with Gasteiger partial charge in [0.15, 0.2) is 17.4 Å². The zero-order valence-electron chi connectivity index (χ0n) is 12.9. The lowest BCUT2D eigenvalue weighted by atomic mass is 10.2. The fourth-order valence-corrected chi connectivity index (χ4v) is 2.89. The Morgan fingerprint density at radius 3 is 2.79 bits per heavy atom. The molecule has 0 spiro atoms. The lowest BCUT2D eigenvalue weighted by Crippen LogP contribution is -2.49. The molecule has 4 rings (SSSR count). The summed E-state index contributed by atoms with van der Waals surface area (Å²) in [6, 6.07) is 3.36. The van der Waals surface area contributed by atoms with Gasteiger partial charge in [-0.15, -0.1) is 0 Å². The summed E-state index contributed by atoms with van der Waals surface area (Å²) in [6.07, 6.45) is 2.96. The van der Waals surface area contributed by atoms with Crippen molar-refractivity contribution in [2.45, 2.75) is 0 Å². The third kappa shape index (κ3) is 2.53. The maximum atomic E-state index is 12.3. The van der Waals surface area contributed by atoms with Gasteiger partial charge in [0.25, 0.3) is 5.91 Å². The molecule has 2 aliphatic rings. The predicted octanol–water partition coefficient (Wildman–Crippen LogP) is 0.396.